The number of phenols is 1. The minimum Gasteiger partial charge on any atom is -0.508 e. The van der Waals surface area contributed by atoms with Gasteiger partial charge in [-0.25, -0.2) is 0 Å². The number of hydrogen-bond acceptors (Lipinski definition) is 4. The van der Waals surface area contributed by atoms with Crippen LogP contribution < -0.4 is 15.4 Å². The molecule has 0 spiro atoms. The van der Waals surface area contributed by atoms with Gasteiger partial charge in [-0.1, -0.05) is 32.0 Å². The van der Waals surface area contributed by atoms with E-state index in [4.69, 9.17) is 17.0 Å². The van der Waals surface area contributed by atoms with Gasteiger partial charge in [-0.05, 0) is 48.8 Å². The second kappa shape index (κ2) is 9.03. The monoisotopic (exact) mass is 358 g/mol. The molecule has 6 heteroatoms. The van der Waals surface area contributed by atoms with Crippen molar-refractivity contribution in [3.05, 3.63) is 54.1 Å². The van der Waals surface area contributed by atoms with Crippen molar-refractivity contribution in [2.24, 2.45) is 5.92 Å². The summed E-state index contributed by atoms with van der Waals surface area (Å²) in [6.45, 7) is 4.79. The average Bonchev–Trinajstić information content (AvgIpc) is 2.54. The van der Waals surface area contributed by atoms with Crippen LogP contribution in [0.15, 0.2) is 48.5 Å². The third-order valence-electron chi connectivity index (χ3n) is 3.42. The van der Waals surface area contributed by atoms with E-state index >= 15 is 0 Å². The van der Waals surface area contributed by atoms with Crippen molar-refractivity contribution in [2.75, 3.05) is 11.9 Å². The summed E-state index contributed by atoms with van der Waals surface area (Å²) >= 11 is 5.15. The number of rotatable bonds is 6. The molecule has 0 aliphatic carbocycles. The quantitative estimate of drug-likeness (QED) is 0.682. The number of aromatic hydroxyl groups is 1. The van der Waals surface area contributed by atoms with Gasteiger partial charge in [0.05, 0.1) is 12.2 Å². The molecule has 0 saturated heterocycles. The smallest absolute Gasteiger partial charge is 0.261 e. The van der Waals surface area contributed by atoms with Crippen LogP contribution in [0.5, 0.6) is 11.5 Å². The third-order valence-corrected chi connectivity index (χ3v) is 3.62. The molecule has 5 nitrogen and oxygen atoms in total. The largest absolute Gasteiger partial charge is 0.508 e. The second-order valence-electron chi connectivity index (χ2n) is 5.99. The lowest BCUT2D eigenvalue weighted by molar-refractivity contribution is 0.0973. The molecule has 0 fully saturated rings. The molecular formula is C19H22N2O3S. The fraction of sp³-hybridized carbons (Fsp3) is 0.263. The summed E-state index contributed by atoms with van der Waals surface area (Å²) in [5, 5.41) is 15.1. The molecule has 0 heterocycles. The van der Waals surface area contributed by atoms with Crippen molar-refractivity contribution in [1.29, 1.82) is 0 Å². The summed E-state index contributed by atoms with van der Waals surface area (Å²) in [4.78, 5) is 12.5. The van der Waals surface area contributed by atoms with Crippen LogP contribution in [0.1, 0.15) is 30.6 Å². The fourth-order valence-corrected chi connectivity index (χ4v) is 2.31. The van der Waals surface area contributed by atoms with Gasteiger partial charge in [-0.2, -0.15) is 0 Å². The van der Waals surface area contributed by atoms with Gasteiger partial charge in [-0.3, -0.25) is 10.1 Å². The average molecular weight is 358 g/mol. The Morgan fingerprint density at radius 3 is 2.68 bits per heavy atom. The Kier molecular flexibility index (Phi) is 6.77. The minimum absolute atomic E-state index is 0.114. The molecule has 0 aliphatic rings. The highest BCUT2D eigenvalue weighted by molar-refractivity contribution is 7.80. The predicted octanol–water partition coefficient (Wildman–Crippen LogP) is 3.94. The highest BCUT2D eigenvalue weighted by Crippen LogP contribution is 2.19. The van der Waals surface area contributed by atoms with E-state index in [1.165, 1.54) is 6.07 Å². The van der Waals surface area contributed by atoms with Crippen LogP contribution in [0.25, 0.3) is 0 Å². The van der Waals surface area contributed by atoms with Gasteiger partial charge in [0.2, 0.25) is 0 Å². The second-order valence-corrected chi connectivity index (χ2v) is 6.39. The number of amides is 1. The van der Waals surface area contributed by atoms with Crippen LogP contribution >= 0.6 is 12.2 Å². The van der Waals surface area contributed by atoms with E-state index in [0.717, 1.165) is 6.42 Å². The van der Waals surface area contributed by atoms with Crippen LogP contribution in [0.4, 0.5) is 5.69 Å². The van der Waals surface area contributed by atoms with Crippen LogP contribution in [-0.2, 0) is 0 Å². The maximum absolute atomic E-state index is 12.5. The molecule has 3 N–H and O–H groups in total. The lowest BCUT2D eigenvalue weighted by atomic mass is 10.1. The summed E-state index contributed by atoms with van der Waals surface area (Å²) in [6, 6.07) is 13.5. The molecule has 0 aliphatic heterocycles. The summed E-state index contributed by atoms with van der Waals surface area (Å²) in [5.74, 6) is 0.821. The van der Waals surface area contributed by atoms with Gasteiger partial charge >= 0.3 is 0 Å². The van der Waals surface area contributed by atoms with Crippen molar-refractivity contribution < 1.29 is 14.6 Å². The van der Waals surface area contributed by atoms with Gasteiger partial charge in [0.15, 0.2) is 5.11 Å². The molecule has 0 saturated carbocycles. The molecule has 0 radical (unpaired) electrons. The van der Waals surface area contributed by atoms with E-state index < -0.39 is 0 Å². The summed E-state index contributed by atoms with van der Waals surface area (Å²) < 4.78 is 5.73. The number of thiocarbonyl (C=S) groups is 1. The molecule has 132 valence electrons. The normalized spacial score (nSPS) is 10.4. The fourth-order valence-electron chi connectivity index (χ4n) is 2.10. The van der Waals surface area contributed by atoms with Crippen molar-refractivity contribution >= 4 is 28.9 Å². The SMILES string of the molecule is CC(C)CCOc1ccccc1C(=O)NC(=S)Nc1cccc(O)c1. The van der Waals surface area contributed by atoms with Crippen molar-refractivity contribution in [2.45, 2.75) is 20.3 Å². The number of ether oxygens (including phenoxy) is 1. The molecule has 0 bridgehead atoms. The number of anilines is 1. The lowest BCUT2D eigenvalue weighted by Crippen LogP contribution is -2.34. The molecule has 2 aromatic carbocycles. The zero-order valence-corrected chi connectivity index (χ0v) is 15.1. The zero-order valence-electron chi connectivity index (χ0n) is 14.3. The first-order chi connectivity index (χ1) is 12.0. The maximum Gasteiger partial charge on any atom is 0.261 e. The number of nitrogens with one attached hydrogen (secondary N) is 2. The summed E-state index contributed by atoms with van der Waals surface area (Å²) in [7, 11) is 0. The molecule has 0 atom stereocenters. The van der Waals surface area contributed by atoms with Crippen LogP contribution in [-0.4, -0.2) is 22.7 Å². The standard InChI is InChI=1S/C19H22N2O3S/c1-13(2)10-11-24-17-9-4-3-8-16(17)18(23)21-19(25)20-14-6-5-7-15(22)12-14/h3-9,12-13,22H,10-11H2,1-2H3,(H2,20,21,23,25). The third kappa shape index (κ3) is 6.08. The molecule has 1 amide bonds. The molecule has 0 aromatic heterocycles. The Bertz CT molecular complexity index is 747. The lowest BCUT2D eigenvalue weighted by Gasteiger charge is -2.13. The first-order valence-electron chi connectivity index (χ1n) is 8.09. The Morgan fingerprint density at radius 2 is 1.96 bits per heavy atom. The molecule has 0 unspecified atom stereocenters. The number of benzene rings is 2. The summed E-state index contributed by atoms with van der Waals surface area (Å²) in [5.41, 5.74) is 1.01. The molecule has 2 aromatic rings. The van der Waals surface area contributed by atoms with Gasteiger partial charge < -0.3 is 15.2 Å². The van der Waals surface area contributed by atoms with E-state index in [9.17, 15) is 9.90 Å². The summed E-state index contributed by atoms with van der Waals surface area (Å²) in [6.07, 6.45) is 0.910. The topological polar surface area (TPSA) is 70.6 Å². The van der Waals surface area contributed by atoms with E-state index in [-0.39, 0.29) is 16.8 Å². The Balaban J connectivity index is 1.99. The Morgan fingerprint density at radius 1 is 1.20 bits per heavy atom. The minimum atomic E-state index is -0.349. The van der Waals surface area contributed by atoms with Crippen LogP contribution in [0.2, 0.25) is 0 Å². The van der Waals surface area contributed by atoms with Crippen LogP contribution in [0.3, 0.4) is 0 Å². The molecule has 2 rings (SSSR count). The number of carbonyl (C=O) groups is 1. The molecule has 25 heavy (non-hydrogen) atoms. The van der Waals surface area contributed by atoms with E-state index in [1.54, 1.807) is 36.4 Å². The van der Waals surface area contributed by atoms with Crippen molar-refractivity contribution in [1.82, 2.24) is 5.32 Å². The highest BCUT2D eigenvalue weighted by atomic mass is 32.1. The number of para-hydroxylation sites is 1. The predicted molar refractivity (Wildman–Crippen MR) is 103 cm³/mol. The Labute approximate surface area is 153 Å². The van der Waals surface area contributed by atoms with E-state index in [2.05, 4.69) is 24.5 Å². The van der Waals surface area contributed by atoms with E-state index in [1.807, 2.05) is 6.07 Å². The van der Waals surface area contributed by atoms with Gasteiger partial charge in [0.1, 0.15) is 11.5 Å². The van der Waals surface area contributed by atoms with Gasteiger partial charge in [0, 0.05) is 11.8 Å². The van der Waals surface area contributed by atoms with Gasteiger partial charge in [0.25, 0.3) is 5.91 Å². The number of carbonyl (C=O) groups excluding carboxylic acids is 1. The first kappa shape index (κ1) is 18.7. The molecular weight excluding hydrogens is 336 g/mol. The zero-order chi connectivity index (χ0) is 18.2. The van der Waals surface area contributed by atoms with E-state index in [0.29, 0.717) is 29.5 Å². The number of hydrogen-bond donors (Lipinski definition) is 3. The first-order valence-corrected chi connectivity index (χ1v) is 8.49. The Hall–Kier alpha value is -2.60. The van der Waals surface area contributed by atoms with Crippen molar-refractivity contribution in [3.8, 4) is 11.5 Å². The van der Waals surface area contributed by atoms with Crippen LogP contribution in [0, 0.1) is 5.92 Å². The maximum atomic E-state index is 12.5. The van der Waals surface area contributed by atoms with Gasteiger partial charge in [-0.15, -0.1) is 0 Å². The van der Waals surface area contributed by atoms with Crippen molar-refractivity contribution in [3.63, 3.8) is 0 Å². The number of phenolic OH excluding ortho intramolecular Hbond substituents is 1. The highest BCUT2D eigenvalue weighted by Gasteiger charge is 2.13.